The number of nitrogens with two attached hydrogens (primary N) is 1. The summed E-state index contributed by atoms with van der Waals surface area (Å²) in [6, 6.07) is 1.94. The van der Waals surface area contributed by atoms with Crippen LogP contribution in [0, 0.1) is 5.92 Å². The Morgan fingerprint density at radius 2 is 1.95 bits per heavy atom. The van der Waals surface area contributed by atoms with Crippen molar-refractivity contribution in [1.29, 1.82) is 0 Å². The molecular weight excluding hydrogens is 250 g/mol. The lowest BCUT2D eigenvalue weighted by Crippen LogP contribution is -2.19. The highest BCUT2D eigenvalue weighted by Crippen LogP contribution is 2.37. The zero-order chi connectivity index (χ0) is 14.1. The Hall–Kier alpha value is -1.35. The molecule has 2 aliphatic rings. The van der Waals surface area contributed by atoms with Gasteiger partial charge in [-0.2, -0.15) is 0 Å². The Kier molecular flexibility index (Phi) is 3.79. The van der Waals surface area contributed by atoms with Crippen molar-refractivity contribution in [3.63, 3.8) is 0 Å². The van der Waals surface area contributed by atoms with Gasteiger partial charge in [-0.15, -0.1) is 0 Å². The minimum absolute atomic E-state index is 0.0970. The summed E-state index contributed by atoms with van der Waals surface area (Å²) in [6.45, 7) is 0.319. The second-order valence-electron chi connectivity index (χ2n) is 6.15. The molecule has 0 radical (unpaired) electrons. The van der Waals surface area contributed by atoms with Crippen molar-refractivity contribution < 1.29 is 9.90 Å². The molecule has 0 bridgehead atoms. The number of fused-ring (bicyclic) bond motifs is 1. The zero-order valence-electron chi connectivity index (χ0n) is 12.0. The highest BCUT2D eigenvalue weighted by atomic mass is 16.3. The molecule has 108 valence electrons. The smallest absolute Gasteiger partial charge is 0.169 e. The number of Topliss-reactive ketones (excluding diaryl/α,β-unsaturated/α-hetero) is 1. The molecule has 0 aliphatic heterocycles. The molecule has 0 saturated heterocycles. The summed E-state index contributed by atoms with van der Waals surface area (Å²) in [4.78, 5) is 12.7. The quantitative estimate of drug-likeness (QED) is 0.832. The lowest BCUT2D eigenvalue weighted by Gasteiger charge is -2.22. The fourth-order valence-electron chi connectivity index (χ4n) is 3.81. The summed E-state index contributed by atoms with van der Waals surface area (Å²) in [7, 11) is 0. The highest BCUT2D eigenvalue weighted by Gasteiger charge is 2.28. The van der Waals surface area contributed by atoms with Crippen LogP contribution in [0.3, 0.4) is 0 Å². The van der Waals surface area contributed by atoms with Gasteiger partial charge in [0, 0.05) is 18.0 Å². The predicted molar refractivity (Wildman–Crippen MR) is 78.9 cm³/mol. The molecule has 0 aromatic heterocycles. The fourth-order valence-corrected chi connectivity index (χ4v) is 3.81. The van der Waals surface area contributed by atoms with Gasteiger partial charge in [0.15, 0.2) is 5.78 Å². The van der Waals surface area contributed by atoms with Crippen molar-refractivity contribution in [2.45, 2.75) is 57.9 Å². The molecule has 3 N–H and O–H groups in total. The average molecular weight is 273 g/mol. The van der Waals surface area contributed by atoms with Crippen molar-refractivity contribution in [3.05, 3.63) is 28.3 Å². The van der Waals surface area contributed by atoms with Crippen LogP contribution in [0.15, 0.2) is 6.07 Å². The summed E-state index contributed by atoms with van der Waals surface area (Å²) >= 11 is 0. The molecule has 20 heavy (non-hydrogen) atoms. The van der Waals surface area contributed by atoms with E-state index in [0.29, 0.717) is 12.1 Å². The van der Waals surface area contributed by atoms with E-state index >= 15 is 0 Å². The first-order chi connectivity index (χ1) is 9.72. The number of aromatic hydroxyl groups is 1. The standard InChI is InChI=1S/C17H23NO2/c18-10-15-13-8-4-7-12(13)9-14(17(15)20)16(19)11-5-2-1-3-6-11/h9,11,20H,1-8,10,18H2. The first kappa shape index (κ1) is 13.6. The van der Waals surface area contributed by atoms with E-state index in [-0.39, 0.29) is 17.5 Å². The van der Waals surface area contributed by atoms with Crippen LogP contribution < -0.4 is 5.73 Å². The maximum atomic E-state index is 12.7. The minimum Gasteiger partial charge on any atom is -0.507 e. The normalized spacial score (nSPS) is 19.1. The molecule has 0 heterocycles. The number of phenols is 1. The monoisotopic (exact) mass is 273 g/mol. The summed E-state index contributed by atoms with van der Waals surface area (Å²) in [6.07, 6.45) is 8.51. The van der Waals surface area contributed by atoms with E-state index in [1.165, 1.54) is 17.5 Å². The minimum atomic E-state index is 0.0970. The summed E-state index contributed by atoms with van der Waals surface area (Å²) in [5, 5.41) is 10.5. The predicted octanol–water partition coefficient (Wildman–Crippen LogP) is 3.10. The Bertz CT molecular complexity index is 530. The van der Waals surface area contributed by atoms with Gasteiger partial charge in [0.25, 0.3) is 0 Å². The maximum absolute atomic E-state index is 12.7. The van der Waals surface area contributed by atoms with Gasteiger partial charge in [-0.3, -0.25) is 4.79 Å². The Labute approximate surface area is 120 Å². The SMILES string of the molecule is NCc1c(O)c(C(=O)C2CCCCC2)cc2c1CCC2. The molecule has 0 spiro atoms. The molecule has 1 saturated carbocycles. The number of carbonyl (C=O) groups is 1. The first-order valence-corrected chi connectivity index (χ1v) is 7.83. The van der Waals surface area contributed by atoms with Crippen molar-refractivity contribution in [2.24, 2.45) is 11.7 Å². The topological polar surface area (TPSA) is 63.3 Å². The molecular formula is C17H23NO2. The molecule has 1 fully saturated rings. The van der Waals surface area contributed by atoms with E-state index in [1.54, 1.807) is 0 Å². The number of hydrogen-bond donors (Lipinski definition) is 2. The van der Waals surface area contributed by atoms with Crippen molar-refractivity contribution in [2.75, 3.05) is 0 Å². The molecule has 0 atom stereocenters. The third-order valence-electron chi connectivity index (χ3n) is 4.93. The molecule has 1 aromatic rings. The second kappa shape index (κ2) is 5.57. The van der Waals surface area contributed by atoms with Gasteiger partial charge in [0.1, 0.15) is 5.75 Å². The largest absolute Gasteiger partial charge is 0.507 e. The third kappa shape index (κ3) is 2.24. The van der Waals surface area contributed by atoms with Gasteiger partial charge in [-0.25, -0.2) is 0 Å². The van der Waals surface area contributed by atoms with E-state index in [1.807, 2.05) is 6.07 Å². The molecule has 3 nitrogen and oxygen atoms in total. The Morgan fingerprint density at radius 3 is 2.65 bits per heavy atom. The summed E-state index contributed by atoms with van der Waals surface area (Å²) < 4.78 is 0. The van der Waals surface area contributed by atoms with Crippen LogP contribution >= 0.6 is 0 Å². The second-order valence-corrected chi connectivity index (χ2v) is 6.15. The van der Waals surface area contributed by atoms with Crippen LogP contribution in [0.1, 0.15) is 65.6 Å². The fraction of sp³-hybridized carbons (Fsp3) is 0.588. The lowest BCUT2D eigenvalue weighted by atomic mass is 9.82. The molecule has 0 amide bonds. The van der Waals surface area contributed by atoms with E-state index in [9.17, 15) is 9.90 Å². The van der Waals surface area contributed by atoms with Crippen LogP contribution in [0.2, 0.25) is 0 Å². The number of phenolic OH excluding ortho intramolecular Hbond substituents is 1. The molecule has 3 rings (SSSR count). The Balaban J connectivity index is 1.98. The molecule has 3 heteroatoms. The highest BCUT2D eigenvalue weighted by molar-refractivity contribution is 6.01. The van der Waals surface area contributed by atoms with Crippen LogP contribution in [-0.2, 0) is 19.4 Å². The molecule has 1 aromatic carbocycles. The average Bonchev–Trinajstić information content (AvgIpc) is 2.95. The first-order valence-electron chi connectivity index (χ1n) is 7.83. The van der Waals surface area contributed by atoms with E-state index in [2.05, 4.69) is 0 Å². The number of carbonyl (C=O) groups excluding carboxylic acids is 1. The number of ketones is 1. The summed E-state index contributed by atoms with van der Waals surface area (Å²) in [5.41, 5.74) is 9.54. The molecule has 2 aliphatic carbocycles. The van der Waals surface area contributed by atoms with Gasteiger partial charge in [-0.05, 0) is 49.3 Å². The van der Waals surface area contributed by atoms with Gasteiger partial charge >= 0.3 is 0 Å². The van der Waals surface area contributed by atoms with Crippen LogP contribution in [-0.4, -0.2) is 10.9 Å². The van der Waals surface area contributed by atoms with Gasteiger partial charge < -0.3 is 10.8 Å². The van der Waals surface area contributed by atoms with E-state index in [0.717, 1.165) is 50.5 Å². The van der Waals surface area contributed by atoms with Crippen molar-refractivity contribution in [3.8, 4) is 5.75 Å². The van der Waals surface area contributed by atoms with Crippen molar-refractivity contribution in [1.82, 2.24) is 0 Å². The van der Waals surface area contributed by atoms with Gasteiger partial charge in [0.2, 0.25) is 0 Å². The van der Waals surface area contributed by atoms with E-state index < -0.39 is 0 Å². The maximum Gasteiger partial charge on any atom is 0.169 e. The number of aryl methyl sites for hydroxylation is 1. The van der Waals surface area contributed by atoms with E-state index in [4.69, 9.17) is 5.73 Å². The third-order valence-corrected chi connectivity index (χ3v) is 4.93. The van der Waals surface area contributed by atoms with Crippen LogP contribution in [0.5, 0.6) is 5.75 Å². The summed E-state index contributed by atoms with van der Waals surface area (Å²) in [5.74, 6) is 0.384. The lowest BCUT2D eigenvalue weighted by molar-refractivity contribution is 0.0886. The number of hydrogen-bond acceptors (Lipinski definition) is 3. The van der Waals surface area contributed by atoms with Crippen LogP contribution in [0.4, 0.5) is 0 Å². The number of benzene rings is 1. The zero-order valence-corrected chi connectivity index (χ0v) is 12.0. The number of rotatable bonds is 3. The Morgan fingerprint density at radius 1 is 1.20 bits per heavy atom. The van der Waals surface area contributed by atoms with Crippen LogP contribution in [0.25, 0.3) is 0 Å². The molecule has 0 unspecified atom stereocenters. The van der Waals surface area contributed by atoms with Gasteiger partial charge in [-0.1, -0.05) is 19.3 Å². The van der Waals surface area contributed by atoms with Gasteiger partial charge in [0.05, 0.1) is 5.56 Å². The van der Waals surface area contributed by atoms with Crippen molar-refractivity contribution >= 4 is 5.78 Å².